The average molecular weight is 310 g/mol. The van der Waals surface area contributed by atoms with E-state index in [1.165, 1.54) is 18.2 Å². The lowest BCUT2D eigenvalue weighted by atomic mass is 10.2. The standard InChI is InChI=1S/C15H10Cl2FNO/c16-5-1-2-11-6-14(9-19-8-11)20-10-12-7-13(18)3-4-15(12)17/h3-4,6-9H,5,10H2. The normalized spacial score (nSPS) is 9.75. The number of nitrogens with zero attached hydrogens (tertiary/aromatic N) is 1. The summed E-state index contributed by atoms with van der Waals surface area (Å²) >= 11 is 11.5. The Labute approximate surface area is 126 Å². The van der Waals surface area contributed by atoms with Crippen molar-refractivity contribution < 1.29 is 9.13 Å². The maximum absolute atomic E-state index is 13.1. The maximum atomic E-state index is 13.1. The summed E-state index contributed by atoms with van der Waals surface area (Å²) in [5.74, 6) is 6.01. The van der Waals surface area contributed by atoms with Crippen LogP contribution in [0.2, 0.25) is 5.02 Å². The van der Waals surface area contributed by atoms with Gasteiger partial charge in [-0.1, -0.05) is 23.4 Å². The van der Waals surface area contributed by atoms with E-state index in [4.69, 9.17) is 27.9 Å². The first-order valence-corrected chi connectivity index (χ1v) is 6.67. The van der Waals surface area contributed by atoms with Gasteiger partial charge in [0.2, 0.25) is 0 Å². The molecule has 2 nitrogen and oxygen atoms in total. The van der Waals surface area contributed by atoms with Crippen molar-refractivity contribution in [2.75, 3.05) is 5.88 Å². The molecule has 0 aliphatic carbocycles. The van der Waals surface area contributed by atoms with Gasteiger partial charge in [-0.3, -0.25) is 4.98 Å². The summed E-state index contributed by atoms with van der Waals surface area (Å²) < 4.78 is 18.7. The van der Waals surface area contributed by atoms with Gasteiger partial charge in [-0.05, 0) is 24.3 Å². The molecule has 0 radical (unpaired) electrons. The van der Waals surface area contributed by atoms with E-state index in [9.17, 15) is 4.39 Å². The monoisotopic (exact) mass is 309 g/mol. The summed E-state index contributed by atoms with van der Waals surface area (Å²) in [5.41, 5.74) is 1.28. The molecule has 2 aromatic rings. The van der Waals surface area contributed by atoms with E-state index in [1.54, 1.807) is 18.5 Å². The van der Waals surface area contributed by atoms with Gasteiger partial charge in [0, 0.05) is 22.3 Å². The van der Waals surface area contributed by atoms with Gasteiger partial charge >= 0.3 is 0 Å². The largest absolute Gasteiger partial charge is 0.487 e. The Morgan fingerprint density at radius 3 is 2.90 bits per heavy atom. The molecule has 0 aliphatic heterocycles. The smallest absolute Gasteiger partial charge is 0.139 e. The second kappa shape index (κ2) is 7.14. The minimum atomic E-state index is -0.354. The van der Waals surface area contributed by atoms with E-state index in [0.29, 0.717) is 21.9 Å². The molecule has 0 saturated carbocycles. The van der Waals surface area contributed by atoms with Crippen LogP contribution in [0, 0.1) is 17.7 Å². The summed E-state index contributed by atoms with van der Waals surface area (Å²) in [4.78, 5) is 4.01. The van der Waals surface area contributed by atoms with Gasteiger partial charge in [-0.2, -0.15) is 0 Å². The molecule has 1 heterocycles. The van der Waals surface area contributed by atoms with Crippen LogP contribution in [0.5, 0.6) is 5.75 Å². The third kappa shape index (κ3) is 4.12. The van der Waals surface area contributed by atoms with Crippen molar-refractivity contribution in [3.63, 3.8) is 0 Å². The maximum Gasteiger partial charge on any atom is 0.139 e. The fraction of sp³-hybridized carbons (Fsp3) is 0.133. The molecule has 102 valence electrons. The van der Waals surface area contributed by atoms with E-state index in [-0.39, 0.29) is 18.3 Å². The number of hydrogen-bond acceptors (Lipinski definition) is 2. The average Bonchev–Trinajstić information content (AvgIpc) is 2.46. The molecule has 2 rings (SSSR count). The van der Waals surface area contributed by atoms with Gasteiger partial charge in [-0.25, -0.2) is 4.39 Å². The van der Waals surface area contributed by atoms with Crippen LogP contribution < -0.4 is 4.74 Å². The molecule has 0 saturated heterocycles. The molecule has 0 spiro atoms. The van der Waals surface area contributed by atoms with Crippen LogP contribution in [-0.2, 0) is 6.61 Å². The summed E-state index contributed by atoms with van der Waals surface area (Å²) in [6, 6.07) is 5.87. The number of aromatic nitrogens is 1. The fourth-order valence-corrected chi connectivity index (χ4v) is 1.76. The van der Waals surface area contributed by atoms with Crippen LogP contribution in [0.4, 0.5) is 4.39 Å². The predicted molar refractivity (Wildman–Crippen MR) is 77.6 cm³/mol. The first-order chi connectivity index (χ1) is 9.69. The zero-order valence-corrected chi connectivity index (χ0v) is 11.9. The van der Waals surface area contributed by atoms with Crippen molar-refractivity contribution in [3.05, 3.63) is 58.6 Å². The van der Waals surface area contributed by atoms with Crippen LogP contribution in [0.3, 0.4) is 0 Å². The molecule has 1 aromatic carbocycles. The Hall–Kier alpha value is -1.76. The molecular weight excluding hydrogens is 300 g/mol. The topological polar surface area (TPSA) is 22.1 Å². The van der Waals surface area contributed by atoms with Crippen molar-refractivity contribution in [1.82, 2.24) is 4.98 Å². The lowest BCUT2D eigenvalue weighted by molar-refractivity contribution is 0.304. The predicted octanol–water partition coefficient (Wildman–Crippen LogP) is 4.04. The minimum absolute atomic E-state index is 0.157. The number of hydrogen-bond donors (Lipinski definition) is 0. The fourth-order valence-electron chi connectivity index (χ4n) is 1.52. The van der Waals surface area contributed by atoms with Gasteiger partial charge in [-0.15, -0.1) is 11.6 Å². The Morgan fingerprint density at radius 1 is 1.25 bits per heavy atom. The summed E-state index contributed by atoms with van der Waals surface area (Å²) in [7, 11) is 0. The van der Waals surface area contributed by atoms with Gasteiger partial charge in [0.05, 0.1) is 12.1 Å². The molecule has 20 heavy (non-hydrogen) atoms. The molecule has 5 heteroatoms. The SMILES string of the molecule is Fc1ccc(Cl)c(COc2cncc(C#CCCl)c2)c1. The van der Waals surface area contributed by atoms with Gasteiger partial charge in [0.25, 0.3) is 0 Å². The first kappa shape index (κ1) is 14.6. The number of halogens is 3. The van der Waals surface area contributed by atoms with Crippen LogP contribution in [0.25, 0.3) is 0 Å². The second-order valence-corrected chi connectivity index (χ2v) is 4.54. The molecule has 0 bridgehead atoms. The van der Waals surface area contributed by atoms with Crippen LogP contribution >= 0.6 is 23.2 Å². The van der Waals surface area contributed by atoms with E-state index < -0.39 is 0 Å². The zero-order valence-electron chi connectivity index (χ0n) is 10.4. The Kier molecular flexibility index (Phi) is 5.23. The van der Waals surface area contributed by atoms with Crippen LogP contribution in [0.1, 0.15) is 11.1 Å². The minimum Gasteiger partial charge on any atom is -0.487 e. The Bertz CT molecular complexity index is 664. The third-order valence-corrected chi connectivity index (χ3v) is 2.92. The van der Waals surface area contributed by atoms with E-state index >= 15 is 0 Å². The summed E-state index contributed by atoms with van der Waals surface area (Å²) in [6.07, 6.45) is 3.17. The van der Waals surface area contributed by atoms with Crippen LogP contribution in [0.15, 0.2) is 36.7 Å². The van der Waals surface area contributed by atoms with Gasteiger partial charge in [0.1, 0.15) is 18.2 Å². The number of pyridine rings is 1. The van der Waals surface area contributed by atoms with E-state index in [0.717, 1.165) is 0 Å². The molecule has 0 unspecified atom stereocenters. The first-order valence-electron chi connectivity index (χ1n) is 5.75. The highest BCUT2D eigenvalue weighted by Crippen LogP contribution is 2.20. The lowest BCUT2D eigenvalue weighted by Gasteiger charge is -2.07. The lowest BCUT2D eigenvalue weighted by Crippen LogP contribution is -1.98. The Balaban J connectivity index is 2.09. The highest BCUT2D eigenvalue weighted by Gasteiger charge is 2.04. The summed E-state index contributed by atoms with van der Waals surface area (Å²) in [6.45, 7) is 0.157. The molecular formula is C15H10Cl2FNO. The Morgan fingerprint density at radius 2 is 2.10 bits per heavy atom. The number of alkyl halides is 1. The van der Waals surface area contributed by atoms with Crippen molar-refractivity contribution in [3.8, 4) is 17.6 Å². The van der Waals surface area contributed by atoms with Gasteiger partial charge < -0.3 is 4.74 Å². The van der Waals surface area contributed by atoms with Crippen molar-refractivity contribution in [1.29, 1.82) is 0 Å². The highest BCUT2D eigenvalue weighted by molar-refractivity contribution is 6.31. The van der Waals surface area contributed by atoms with Gasteiger partial charge in [0.15, 0.2) is 0 Å². The number of benzene rings is 1. The summed E-state index contributed by atoms with van der Waals surface area (Å²) in [5, 5.41) is 0.456. The van der Waals surface area contributed by atoms with E-state index in [2.05, 4.69) is 16.8 Å². The quantitative estimate of drug-likeness (QED) is 0.630. The highest BCUT2D eigenvalue weighted by atomic mass is 35.5. The zero-order chi connectivity index (χ0) is 14.4. The molecule has 0 atom stereocenters. The van der Waals surface area contributed by atoms with Crippen molar-refractivity contribution in [2.45, 2.75) is 6.61 Å². The van der Waals surface area contributed by atoms with Crippen LogP contribution in [-0.4, -0.2) is 10.9 Å². The van der Waals surface area contributed by atoms with E-state index in [1.807, 2.05) is 0 Å². The van der Waals surface area contributed by atoms with Crippen molar-refractivity contribution in [2.24, 2.45) is 0 Å². The molecule has 0 aliphatic rings. The molecule has 0 amide bonds. The third-order valence-electron chi connectivity index (χ3n) is 2.41. The number of rotatable bonds is 3. The molecule has 0 N–H and O–H groups in total. The number of ether oxygens (including phenoxy) is 1. The second-order valence-electron chi connectivity index (χ2n) is 3.87. The molecule has 1 aromatic heterocycles. The van der Waals surface area contributed by atoms with Crippen molar-refractivity contribution >= 4 is 23.2 Å². The molecule has 0 fully saturated rings.